The number of anilines is 2. The quantitative estimate of drug-likeness (QED) is 0.311. The smallest absolute Gasteiger partial charge is 0.383 e. The Labute approximate surface area is 233 Å². The minimum Gasteiger partial charge on any atom is -0.383 e. The number of aryl methyl sites for hydroxylation is 1. The minimum atomic E-state index is -4.61. The molecule has 0 bridgehead atoms. The van der Waals surface area contributed by atoms with Gasteiger partial charge in [-0.25, -0.2) is 18.4 Å². The number of fused-ring (bicyclic) bond motifs is 1. The van der Waals surface area contributed by atoms with Crippen molar-refractivity contribution < 1.29 is 21.6 Å². The molecular weight excluding hydrogens is 557 g/mol. The molecule has 0 atom stereocenters. The summed E-state index contributed by atoms with van der Waals surface area (Å²) in [5.41, 5.74) is 11.2. The first-order chi connectivity index (χ1) is 19.3. The summed E-state index contributed by atoms with van der Waals surface area (Å²) >= 11 is 0. The van der Waals surface area contributed by atoms with Crippen molar-refractivity contribution in [2.75, 3.05) is 17.7 Å². The van der Waals surface area contributed by atoms with Gasteiger partial charge in [-0.15, -0.1) is 0 Å². The van der Waals surface area contributed by atoms with E-state index in [1.165, 1.54) is 35.0 Å². The third kappa shape index (κ3) is 6.35. The summed E-state index contributed by atoms with van der Waals surface area (Å²) in [6.07, 6.45) is -1.56. The molecule has 0 unspecified atom stereocenters. The number of nitrogens with zero attached hydrogens (tertiary/aromatic N) is 4. The number of rotatable bonds is 4. The lowest BCUT2D eigenvalue weighted by molar-refractivity contribution is -0.136. The number of benzene rings is 3. The fourth-order valence-electron chi connectivity index (χ4n) is 4.12. The zero-order valence-corrected chi connectivity index (χ0v) is 22.7. The van der Waals surface area contributed by atoms with Gasteiger partial charge in [-0.2, -0.15) is 18.2 Å². The van der Waals surface area contributed by atoms with Crippen molar-refractivity contribution in [1.82, 2.24) is 19.5 Å². The van der Waals surface area contributed by atoms with Crippen molar-refractivity contribution >= 4 is 32.5 Å². The number of para-hydroxylation sites is 1. The largest absolute Gasteiger partial charge is 0.417 e. The van der Waals surface area contributed by atoms with Gasteiger partial charge in [0.25, 0.3) is 5.56 Å². The van der Waals surface area contributed by atoms with Crippen LogP contribution in [0.1, 0.15) is 18.3 Å². The van der Waals surface area contributed by atoms with Gasteiger partial charge in [-0.1, -0.05) is 43.3 Å². The van der Waals surface area contributed by atoms with Crippen molar-refractivity contribution in [3.8, 4) is 16.8 Å². The molecule has 5 aromatic rings. The average Bonchev–Trinajstić information content (AvgIpc) is 2.92. The predicted octanol–water partition coefficient (Wildman–Crippen LogP) is 4.68. The molecule has 0 fully saturated rings. The van der Waals surface area contributed by atoms with Gasteiger partial charge in [-0.3, -0.25) is 9.36 Å². The van der Waals surface area contributed by atoms with Crippen LogP contribution in [-0.4, -0.2) is 34.2 Å². The topological polar surface area (TPSA) is 147 Å². The Bertz CT molecular complexity index is 1890. The molecule has 212 valence electrons. The van der Waals surface area contributed by atoms with E-state index in [4.69, 9.17) is 11.5 Å². The van der Waals surface area contributed by atoms with E-state index in [9.17, 15) is 26.4 Å². The number of halogens is 3. The number of hydrogen-bond acceptors (Lipinski definition) is 8. The molecule has 13 heteroatoms. The molecule has 2 heterocycles. The highest BCUT2D eigenvalue weighted by molar-refractivity contribution is 7.90. The van der Waals surface area contributed by atoms with Crippen molar-refractivity contribution in [1.29, 1.82) is 0 Å². The van der Waals surface area contributed by atoms with Gasteiger partial charge < -0.3 is 11.5 Å². The molecule has 2 aromatic heterocycles. The molecule has 0 saturated heterocycles. The van der Waals surface area contributed by atoms with Crippen LogP contribution in [0.15, 0.2) is 88.7 Å². The van der Waals surface area contributed by atoms with Crippen LogP contribution in [0.4, 0.5) is 24.9 Å². The number of alkyl halides is 3. The van der Waals surface area contributed by atoms with Gasteiger partial charge in [0, 0.05) is 24.4 Å². The number of hydrogen-bond donors (Lipinski definition) is 2. The molecule has 3 aromatic carbocycles. The lowest BCUT2D eigenvalue weighted by atomic mass is 10.1. The first-order valence-corrected chi connectivity index (χ1v) is 14.1. The summed E-state index contributed by atoms with van der Waals surface area (Å²) in [6.45, 7) is 1.81. The Kier molecular flexibility index (Phi) is 8.10. The fraction of sp³-hybridized carbons (Fsp3) is 0.143. The summed E-state index contributed by atoms with van der Waals surface area (Å²) < 4.78 is 63.9. The molecular formula is C28H25F3N6O3S. The van der Waals surface area contributed by atoms with Crippen LogP contribution >= 0.6 is 0 Å². The summed E-state index contributed by atoms with van der Waals surface area (Å²) in [5, 5.41) is -0.402. The van der Waals surface area contributed by atoms with E-state index in [0.29, 0.717) is 29.1 Å². The van der Waals surface area contributed by atoms with Gasteiger partial charge in [0.2, 0.25) is 5.95 Å². The Morgan fingerprint density at radius 3 is 2.22 bits per heavy atom. The van der Waals surface area contributed by atoms with E-state index in [-0.39, 0.29) is 22.2 Å². The zero-order chi connectivity index (χ0) is 29.9. The summed E-state index contributed by atoms with van der Waals surface area (Å²) in [6, 6.07) is 18.6. The molecule has 0 amide bonds. The molecule has 9 nitrogen and oxygen atoms in total. The molecule has 0 aliphatic rings. The molecule has 4 N–H and O–H groups in total. The molecule has 0 aliphatic carbocycles. The van der Waals surface area contributed by atoms with Crippen LogP contribution < -0.4 is 17.0 Å². The SMILES string of the molecule is CCc1nc2cccc(C(F)(F)F)c2c(=O)n1-c1ccccc1.CS(=O)(=O)c1cccc(-c2cnc(N)nc2N)c1. The molecule has 0 aliphatic heterocycles. The van der Waals surface area contributed by atoms with Gasteiger partial charge in [-0.05, 0) is 42.0 Å². The highest BCUT2D eigenvalue weighted by Gasteiger charge is 2.34. The highest BCUT2D eigenvalue weighted by Crippen LogP contribution is 2.33. The Balaban J connectivity index is 0.000000195. The van der Waals surface area contributed by atoms with E-state index in [1.807, 2.05) is 0 Å². The normalized spacial score (nSPS) is 11.6. The molecule has 5 rings (SSSR count). The van der Waals surface area contributed by atoms with Crippen LogP contribution in [0, 0.1) is 0 Å². The number of aromatic nitrogens is 4. The minimum absolute atomic E-state index is 0.0638. The van der Waals surface area contributed by atoms with Crippen LogP contribution in [-0.2, 0) is 22.4 Å². The van der Waals surface area contributed by atoms with Gasteiger partial charge in [0.15, 0.2) is 9.84 Å². The molecule has 0 saturated carbocycles. The van der Waals surface area contributed by atoms with E-state index in [0.717, 1.165) is 12.3 Å². The number of sulfone groups is 1. The van der Waals surface area contributed by atoms with Crippen LogP contribution in [0.25, 0.3) is 27.7 Å². The lowest BCUT2D eigenvalue weighted by Gasteiger charge is -2.15. The van der Waals surface area contributed by atoms with Crippen molar-refractivity contribution in [3.63, 3.8) is 0 Å². The van der Waals surface area contributed by atoms with Crippen LogP contribution in [0.3, 0.4) is 0 Å². The maximum atomic E-state index is 13.2. The van der Waals surface area contributed by atoms with Crippen LogP contribution in [0.2, 0.25) is 0 Å². The molecule has 0 radical (unpaired) electrons. The van der Waals surface area contributed by atoms with Crippen molar-refractivity contribution in [3.05, 3.63) is 101 Å². The number of nitrogen functional groups attached to an aromatic ring is 2. The van der Waals surface area contributed by atoms with E-state index >= 15 is 0 Å². The zero-order valence-electron chi connectivity index (χ0n) is 21.9. The van der Waals surface area contributed by atoms with Gasteiger partial charge in [0.05, 0.1) is 27.0 Å². The first kappa shape index (κ1) is 29.2. The first-order valence-electron chi connectivity index (χ1n) is 12.2. The van der Waals surface area contributed by atoms with Crippen LogP contribution in [0.5, 0.6) is 0 Å². The molecule has 0 spiro atoms. The Morgan fingerprint density at radius 2 is 1.61 bits per heavy atom. The summed E-state index contributed by atoms with van der Waals surface area (Å²) in [5.74, 6) is 0.719. The maximum absolute atomic E-state index is 13.2. The average molecular weight is 583 g/mol. The van der Waals surface area contributed by atoms with E-state index < -0.39 is 32.5 Å². The van der Waals surface area contributed by atoms with Crippen molar-refractivity contribution in [2.24, 2.45) is 0 Å². The van der Waals surface area contributed by atoms with E-state index in [2.05, 4.69) is 15.0 Å². The lowest BCUT2D eigenvalue weighted by Crippen LogP contribution is -2.25. The molecule has 41 heavy (non-hydrogen) atoms. The number of nitrogens with two attached hydrogens (primary N) is 2. The third-order valence-corrected chi connectivity index (χ3v) is 7.12. The second kappa shape index (κ2) is 11.4. The second-order valence-electron chi connectivity index (χ2n) is 8.88. The van der Waals surface area contributed by atoms with E-state index in [1.54, 1.807) is 49.4 Å². The maximum Gasteiger partial charge on any atom is 0.417 e. The van der Waals surface area contributed by atoms with Gasteiger partial charge >= 0.3 is 6.18 Å². The standard InChI is InChI=1S/C17H13F3N2O.C11H12N4O2S/c1-2-14-21-13-10-6-9-12(17(18,19)20)15(13)16(23)22(14)11-7-4-3-5-8-11;1-18(16,17)8-4-2-3-7(5-8)9-6-14-11(13)15-10(9)12/h3-10H,2H2,1H3;2-6H,1H3,(H4,12,13,14,15). The summed E-state index contributed by atoms with van der Waals surface area (Å²) in [7, 11) is -3.26. The third-order valence-electron chi connectivity index (χ3n) is 6.01. The van der Waals surface area contributed by atoms with Gasteiger partial charge in [0.1, 0.15) is 11.6 Å². The Morgan fingerprint density at radius 1 is 0.927 bits per heavy atom. The highest BCUT2D eigenvalue weighted by atomic mass is 32.2. The Hall–Kier alpha value is -4.78. The van der Waals surface area contributed by atoms with Crippen molar-refractivity contribution in [2.45, 2.75) is 24.4 Å². The second-order valence-corrected chi connectivity index (χ2v) is 10.9. The predicted molar refractivity (Wildman–Crippen MR) is 151 cm³/mol. The summed E-state index contributed by atoms with van der Waals surface area (Å²) in [4.78, 5) is 25.0. The fourth-order valence-corrected chi connectivity index (χ4v) is 4.79. The monoisotopic (exact) mass is 582 g/mol.